The van der Waals surface area contributed by atoms with Gasteiger partial charge in [0.25, 0.3) is 0 Å². The van der Waals surface area contributed by atoms with Crippen molar-refractivity contribution in [1.29, 1.82) is 0 Å². The molecule has 0 unspecified atom stereocenters. The van der Waals surface area contributed by atoms with E-state index in [1.807, 2.05) is 29.2 Å². The molecule has 0 atom stereocenters. The molecule has 0 bridgehead atoms. The Balaban J connectivity index is 0.00000324. The number of aryl methyl sites for hydroxylation is 1. The van der Waals surface area contributed by atoms with Crippen LogP contribution < -0.4 is 10.6 Å². The molecule has 0 spiro atoms. The van der Waals surface area contributed by atoms with Crippen molar-refractivity contribution >= 4 is 53.0 Å². The topological polar surface area (TPSA) is 36.4 Å². The molecule has 19 heavy (non-hydrogen) atoms. The third-order valence-electron chi connectivity index (χ3n) is 2.22. The smallest absolute Gasteiger partial charge is 0.191 e. The molecule has 3 nitrogen and oxygen atoms in total. The number of rotatable bonds is 7. The lowest BCUT2D eigenvalue weighted by Crippen LogP contribution is -2.37. The van der Waals surface area contributed by atoms with Crippen molar-refractivity contribution in [1.82, 2.24) is 10.6 Å². The van der Waals surface area contributed by atoms with Gasteiger partial charge in [0.05, 0.1) is 6.54 Å². The first-order chi connectivity index (χ1) is 8.76. The van der Waals surface area contributed by atoms with E-state index in [0.717, 1.165) is 30.6 Å². The van der Waals surface area contributed by atoms with Gasteiger partial charge in [-0.25, -0.2) is 0 Å². The molecule has 0 aliphatic rings. The van der Waals surface area contributed by atoms with Crippen molar-refractivity contribution in [3.63, 3.8) is 0 Å². The lowest BCUT2D eigenvalue weighted by atomic mass is 10.4. The minimum atomic E-state index is 0. The molecular weight excluding hydrogens is 389 g/mol. The fraction of sp³-hybridized carbons (Fsp3) is 0.462. The highest BCUT2D eigenvalue weighted by Crippen LogP contribution is 2.14. The first-order valence-corrected chi connectivity index (χ1v) is 7.92. The van der Waals surface area contributed by atoms with Gasteiger partial charge in [-0.15, -0.1) is 41.9 Å². The monoisotopic (exact) mass is 411 g/mol. The number of nitrogens with zero attached hydrogens (tertiary/aromatic N) is 1. The predicted octanol–water partition coefficient (Wildman–Crippen LogP) is 3.26. The SMILES string of the molecule is C=CCSCCNC(=NC)NCc1ccc(C)s1.I. The van der Waals surface area contributed by atoms with Crippen molar-refractivity contribution in [3.05, 3.63) is 34.5 Å². The van der Waals surface area contributed by atoms with E-state index < -0.39 is 0 Å². The predicted molar refractivity (Wildman–Crippen MR) is 100 cm³/mol. The van der Waals surface area contributed by atoms with E-state index in [-0.39, 0.29) is 24.0 Å². The summed E-state index contributed by atoms with van der Waals surface area (Å²) >= 11 is 3.68. The Labute approximate surface area is 141 Å². The molecule has 2 N–H and O–H groups in total. The summed E-state index contributed by atoms with van der Waals surface area (Å²) in [4.78, 5) is 6.87. The van der Waals surface area contributed by atoms with Gasteiger partial charge in [-0.2, -0.15) is 11.8 Å². The van der Waals surface area contributed by atoms with E-state index >= 15 is 0 Å². The Morgan fingerprint density at radius 2 is 2.26 bits per heavy atom. The minimum Gasteiger partial charge on any atom is -0.356 e. The molecule has 0 aromatic carbocycles. The van der Waals surface area contributed by atoms with Crippen LogP contribution in [0.3, 0.4) is 0 Å². The van der Waals surface area contributed by atoms with Crippen molar-refractivity contribution < 1.29 is 0 Å². The molecule has 1 aromatic heterocycles. The van der Waals surface area contributed by atoms with E-state index in [2.05, 4.69) is 41.3 Å². The summed E-state index contributed by atoms with van der Waals surface area (Å²) in [6.07, 6.45) is 1.93. The highest BCUT2D eigenvalue weighted by atomic mass is 127. The van der Waals surface area contributed by atoms with Crippen LogP contribution in [0, 0.1) is 6.92 Å². The van der Waals surface area contributed by atoms with Crippen molar-refractivity contribution in [2.45, 2.75) is 13.5 Å². The molecule has 1 aromatic rings. The van der Waals surface area contributed by atoms with E-state index in [1.165, 1.54) is 9.75 Å². The molecule has 0 amide bonds. The third-order valence-corrected chi connectivity index (χ3v) is 4.19. The summed E-state index contributed by atoms with van der Waals surface area (Å²) in [7, 11) is 1.80. The van der Waals surface area contributed by atoms with Gasteiger partial charge < -0.3 is 10.6 Å². The maximum absolute atomic E-state index is 4.20. The fourth-order valence-corrected chi connectivity index (χ4v) is 2.79. The molecule has 0 aliphatic heterocycles. The Hall–Kier alpha value is -0.210. The number of thioether (sulfide) groups is 1. The number of hydrogen-bond donors (Lipinski definition) is 2. The van der Waals surface area contributed by atoms with Gasteiger partial charge in [0.2, 0.25) is 0 Å². The lowest BCUT2D eigenvalue weighted by molar-refractivity contribution is 0.841. The van der Waals surface area contributed by atoms with E-state index in [9.17, 15) is 0 Å². The first-order valence-electron chi connectivity index (χ1n) is 5.94. The quantitative estimate of drug-likeness (QED) is 0.238. The van der Waals surface area contributed by atoms with Crippen LogP contribution in [0.5, 0.6) is 0 Å². The highest BCUT2D eigenvalue weighted by Gasteiger charge is 1.99. The van der Waals surface area contributed by atoms with Gasteiger partial charge in [-0.1, -0.05) is 6.08 Å². The van der Waals surface area contributed by atoms with Crippen LogP contribution in [0.2, 0.25) is 0 Å². The molecule has 6 heteroatoms. The summed E-state index contributed by atoms with van der Waals surface area (Å²) in [6.45, 7) is 7.57. The first kappa shape index (κ1) is 18.8. The van der Waals surface area contributed by atoms with Crippen LogP contribution in [0.1, 0.15) is 9.75 Å². The molecule has 1 heterocycles. The van der Waals surface area contributed by atoms with Crippen LogP contribution in [0.25, 0.3) is 0 Å². The molecule has 108 valence electrons. The minimum absolute atomic E-state index is 0. The van der Waals surface area contributed by atoms with Crippen LogP contribution in [0.4, 0.5) is 0 Å². The zero-order valence-corrected chi connectivity index (χ0v) is 15.4. The number of thiophene rings is 1. The second kappa shape index (κ2) is 11.6. The zero-order chi connectivity index (χ0) is 13.2. The Morgan fingerprint density at radius 3 is 2.84 bits per heavy atom. The van der Waals surface area contributed by atoms with Crippen LogP contribution in [-0.2, 0) is 6.54 Å². The second-order valence-corrected chi connectivity index (χ2v) is 6.25. The number of nitrogens with one attached hydrogen (secondary N) is 2. The lowest BCUT2D eigenvalue weighted by Gasteiger charge is -2.10. The number of halogens is 1. The molecule has 0 radical (unpaired) electrons. The van der Waals surface area contributed by atoms with Crippen molar-refractivity contribution in [2.75, 3.05) is 25.1 Å². The Kier molecular flexibility index (Phi) is 11.5. The maximum Gasteiger partial charge on any atom is 0.191 e. The van der Waals surface area contributed by atoms with Crippen LogP contribution in [-0.4, -0.2) is 31.1 Å². The van der Waals surface area contributed by atoms with Gasteiger partial charge in [0.15, 0.2) is 5.96 Å². The van der Waals surface area contributed by atoms with Gasteiger partial charge in [0, 0.05) is 34.9 Å². The van der Waals surface area contributed by atoms with E-state index in [0.29, 0.717) is 0 Å². The Morgan fingerprint density at radius 1 is 1.47 bits per heavy atom. The number of guanidine groups is 1. The molecular formula is C13H22IN3S2. The van der Waals surface area contributed by atoms with Crippen LogP contribution >= 0.6 is 47.1 Å². The molecule has 1 rings (SSSR count). The highest BCUT2D eigenvalue weighted by molar-refractivity contribution is 14.0. The van der Waals surface area contributed by atoms with E-state index in [1.54, 1.807) is 7.05 Å². The number of aliphatic imine (C=N–C) groups is 1. The molecule has 0 fully saturated rings. The summed E-state index contributed by atoms with van der Waals surface area (Å²) in [5.41, 5.74) is 0. The standard InChI is InChI=1S/C13H21N3S2.HI/c1-4-8-17-9-7-15-13(14-3)16-10-12-6-5-11(2)18-12;/h4-6H,1,7-10H2,2-3H3,(H2,14,15,16);1H. The van der Waals surface area contributed by atoms with Gasteiger partial charge in [-0.05, 0) is 19.1 Å². The molecule has 0 saturated heterocycles. The average Bonchev–Trinajstić information content (AvgIpc) is 2.78. The zero-order valence-electron chi connectivity index (χ0n) is 11.4. The van der Waals surface area contributed by atoms with Crippen molar-refractivity contribution in [2.24, 2.45) is 4.99 Å². The normalized spacial score (nSPS) is 10.7. The van der Waals surface area contributed by atoms with Gasteiger partial charge in [-0.3, -0.25) is 4.99 Å². The largest absolute Gasteiger partial charge is 0.356 e. The summed E-state index contributed by atoms with van der Waals surface area (Å²) in [6, 6.07) is 4.30. The maximum atomic E-state index is 4.20. The fourth-order valence-electron chi connectivity index (χ4n) is 1.38. The molecule has 0 aliphatic carbocycles. The third kappa shape index (κ3) is 8.54. The molecule has 0 saturated carbocycles. The summed E-state index contributed by atoms with van der Waals surface area (Å²) in [5.74, 6) is 2.92. The summed E-state index contributed by atoms with van der Waals surface area (Å²) in [5, 5.41) is 6.60. The summed E-state index contributed by atoms with van der Waals surface area (Å²) < 4.78 is 0. The second-order valence-electron chi connectivity index (χ2n) is 3.73. The van der Waals surface area contributed by atoms with Crippen LogP contribution in [0.15, 0.2) is 29.8 Å². The average molecular weight is 411 g/mol. The van der Waals surface area contributed by atoms with Crippen molar-refractivity contribution in [3.8, 4) is 0 Å². The number of hydrogen-bond acceptors (Lipinski definition) is 3. The Bertz CT molecular complexity index is 391. The van der Waals surface area contributed by atoms with E-state index in [4.69, 9.17) is 0 Å². The van der Waals surface area contributed by atoms with Gasteiger partial charge >= 0.3 is 0 Å². The van der Waals surface area contributed by atoms with Gasteiger partial charge in [0.1, 0.15) is 0 Å².